The van der Waals surface area contributed by atoms with Crippen LogP contribution in [0.1, 0.15) is 11.1 Å². The summed E-state index contributed by atoms with van der Waals surface area (Å²) in [5, 5.41) is 0. The van der Waals surface area contributed by atoms with Gasteiger partial charge in [0.1, 0.15) is 5.82 Å². The van der Waals surface area contributed by atoms with Crippen molar-refractivity contribution in [1.82, 2.24) is 9.80 Å². The summed E-state index contributed by atoms with van der Waals surface area (Å²) in [6.45, 7) is 5.30. The Balaban J connectivity index is 1.43. The minimum Gasteiger partial charge on any atom is -0.300 e. The highest BCUT2D eigenvalue weighted by molar-refractivity contribution is 5.18. The molecule has 0 radical (unpaired) electrons. The molecule has 2 aromatic rings. The highest BCUT2D eigenvalue weighted by atomic mass is 19.2. The molecule has 0 aliphatic carbocycles. The SMILES string of the molecule is Fc1ccc(CCN2CCN(Cc3ccc(F)c(F)c3)CC2)cc1. The Bertz CT molecular complexity index is 665. The van der Waals surface area contributed by atoms with E-state index in [1.165, 1.54) is 24.3 Å². The van der Waals surface area contributed by atoms with Gasteiger partial charge >= 0.3 is 0 Å². The third-order valence-corrected chi connectivity index (χ3v) is 4.49. The van der Waals surface area contributed by atoms with Gasteiger partial charge < -0.3 is 4.90 Å². The van der Waals surface area contributed by atoms with Crippen LogP contribution >= 0.6 is 0 Å². The molecule has 0 aromatic heterocycles. The lowest BCUT2D eigenvalue weighted by Gasteiger charge is -2.34. The van der Waals surface area contributed by atoms with Crippen LogP contribution in [0.15, 0.2) is 42.5 Å². The van der Waals surface area contributed by atoms with Gasteiger partial charge in [0, 0.05) is 39.3 Å². The molecule has 0 unspecified atom stereocenters. The van der Waals surface area contributed by atoms with Crippen molar-refractivity contribution in [3.63, 3.8) is 0 Å². The van der Waals surface area contributed by atoms with E-state index in [1.54, 1.807) is 6.07 Å². The molecular formula is C19H21F3N2. The van der Waals surface area contributed by atoms with Crippen LogP contribution in [0, 0.1) is 17.5 Å². The topological polar surface area (TPSA) is 6.48 Å². The summed E-state index contributed by atoms with van der Waals surface area (Å²) in [4.78, 5) is 4.63. The Morgan fingerprint density at radius 3 is 2.00 bits per heavy atom. The second-order valence-corrected chi connectivity index (χ2v) is 6.24. The lowest BCUT2D eigenvalue weighted by atomic mass is 10.1. The molecule has 0 amide bonds. The zero-order valence-corrected chi connectivity index (χ0v) is 13.5. The van der Waals surface area contributed by atoms with E-state index in [9.17, 15) is 13.2 Å². The number of nitrogens with zero attached hydrogens (tertiary/aromatic N) is 2. The summed E-state index contributed by atoms with van der Waals surface area (Å²) in [5.41, 5.74) is 1.94. The van der Waals surface area contributed by atoms with Crippen LogP contribution in [0.5, 0.6) is 0 Å². The summed E-state index contributed by atoms with van der Waals surface area (Å²) in [6.07, 6.45) is 0.906. The maximum absolute atomic E-state index is 13.3. The second-order valence-electron chi connectivity index (χ2n) is 6.24. The molecule has 0 bridgehead atoms. The van der Waals surface area contributed by atoms with E-state index in [-0.39, 0.29) is 5.82 Å². The number of hydrogen-bond acceptors (Lipinski definition) is 2. The van der Waals surface area contributed by atoms with Gasteiger partial charge in [-0.2, -0.15) is 0 Å². The average Bonchev–Trinajstić information content (AvgIpc) is 2.59. The lowest BCUT2D eigenvalue weighted by molar-refractivity contribution is 0.128. The Morgan fingerprint density at radius 2 is 1.33 bits per heavy atom. The molecule has 3 rings (SSSR count). The minimum absolute atomic E-state index is 0.204. The summed E-state index contributed by atoms with van der Waals surface area (Å²) < 4.78 is 39.1. The highest BCUT2D eigenvalue weighted by Crippen LogP contribution is 2.13. The molecule has 5 heteroatoms. The van der Waals surface area contributed by atoms with Gasteiger partial charge in [0.25, 0.3) is 0 Å². The largest absolute Gasteiger partial charge is 0.300 e. The number of hydrogen-bond donors (Lipinski definition) is 0. The van der Waals surface area contributed by atoms with E-state index >= 15 is 0 Å². The van der Waals surface area contributed by atoms with Gasteiger partial charge in [-0.25, -0.2) is 13.2 Å². The monoisotopic (exact) mass is 334 g/mol. The Hall–Kier alpha value is -1.85. The first-order chi connectivity index (χ1) is 11.6. The first-order valence-electron chi connectivity index (χ1n) is 8.23. The molecule has 1 saturated heterocycles. The van der Waals surface area contributed by atoms with Crippen LogP contribution in [0.3, 0.4) is 0 Å². The molecule has 1 fully saturated rings. The van der Waals surface area contributed by atoms with E-state index < -0.39 is 11.6 Å². The van der Waals surface area contributed by atoms with E-state index in [0.29, 0.717) is 6.54 Å². The Kier molecular flexibility index (Phi) is 5.53. The third-order valence-electron chi connectivity index (χ3n) is 4.49. The average molecular weight is 334 g/mol. The van der Waals surface area contributed by atoms with Crippen LogP contribution in [-0.4, -0.2) is 42.5 Å². The fourth-order valence-electron chi connectivity index (χ4n) is 3.01. The summed E-state index contributed by atoms with van der Waals surface area (Å²) in [5.74, 6) is -1.79. The smallest absolute Gasteiger partial charge is 0.159 e. The van der Waals surface area contributed by atoms with Crippen molar-refractivity contribution in [3.05, 3.63) is 71.0 Å². The lowest BCUT2D eigenvalue weighted by Crippen LogP contribution is -2.46. The van der Waals surface area contributed by atoms with Crippen LogP contribution in [-0.2, 0) is 13.0 Å². The third kappa shape index (κ3) is 4.58. The zero-order valence-electron chi connectivity index (χ0n) is 13.5. The van der Waals surface area contributed by atoms with Crippen molar-refractivity contribution in [3.8, 4) is 0 Å². The summed E-state index contributed by atoms with van der Waals surface area (Å²) >= 11 is 0. The van der Waals surface area contributed by atoms with Crippen molar-refractivity contribution >= 4 is 0 Å². The Morgan fingerprint density at radius 1 is 0.708 bits per heavy atom. The normalized spacial score (nSPS) is 16.5. The maximum Gasteiger partial charge on any atom is 0.159 e. The summed E-state index contributed by atoms with van der Waals surface area (Å²) in [6, 6.07) is 10.7. The molecule has 1 aliphatic rings. The van der Waals surface area contributed by atoms with E-state index in [0.717, 1.165) is 50.3 Å². The van der Waals surface area contributed by atoms with Crippen LogP contribution in [0.4, 0.5) is 13.2 Å². The van der Waals surface area contributed by atoms with Crippen molar-refractivity contribution in [1.29, 1.82) is 0 Å². The fourth-order valence-corrected chi connectivity index (χ4v) is 3.01. The van der Waals surface area contributed by atoms with Gasteiger partial charge in [0.2, 0.25) is 0 Å². The van der Waals surface area contributed by atoms with Crippen LogP contribution in [0.2, 0.25) is 0 Å². The zero-order chi connectivity index (χ0) is 16.9. The molecule has 2 aromatic carbocycles. The predicted molar refractivity (Wildman–Crippen MR) is 88.2 cm³/mol. The van der Waals surface area contributed by atoms with Crippen LogP contribution in [0.25, 0.3) is 0 Å². The molecule has 0 atom stereocenters. The molecule has 128 valence electrons. The van der Waals surface area contributed by atoms with Crippen molar-refractivity contribution in [2.45, 2.75) is 13.0 Å². The molecule has 1 aliphatic heterocycles. The number of piperazine rings is 1. The van der Waals surface area contributed by atoms with E-state index in [4.69, 9.17) is 0 Å². The molecule has 0 spiro atoms. The van der Waals surface area contributed by atoms with E-state index in [1.807, 2.05) is 12.1 Å². The van der Waals surface area contributed by atoms with Gasteiger partial charge in [-0.05, 0) is 41.8 Å². The quantitative estimate of drug-likeness (QED) is 0.826. The molecule has 2 nitrogen and oxygen atoms in total. The predicted octanol–water partition coefficient (Wildman–Crippen LogP) is 3.46. The number of benzene rings is 2. The van der Waals surface area contributed by atoms with E-state index in [2.05, 4.69) is 9.80 Å². The van der Waals surface area contributed by atoms with Gasteiger partial charge in [-0.1, -0.05) is 18.2 Å². The highest BCUT2D eigenvalue weighted by Gasteiger charge is 2.17. The fraction of sp³-hybridized carbons (Fsp3) is 0.368. The summed E-state index contributed by atoms with van der Waals surface area (Å²) in [7, 11) is 0. The van der Waals surface area contributed by atoms with Crippen molar-refractivity contribution in [2.75, 3.05) is 32.7 Å². The van der Waals surface area contributed by atoms with Gasteiger partial charge in [-0.15, -0.1) is 0 Å². The van der Waals surface area contributed by atoms with Crippen LogP contribution < -0.4 is 0 Å². The molecular weight excluding hydrogens is 313 g/mol. The Labute approximate surface area is 140 Å². The molecule has 0 saturated carbocycles. The van der Waals surface area contributed by atoms with Crippen molar-refractivity contribution < 1.29 is 13.2 Å². The molecule has 1 heterocycles. The molecule has 24 heavy (non-hydrogen) atoms. The molecule has 0 N–H and O–H groups in total. The van der Waals surface area contributed by atoms with Gasteiger partial charge in [-0.3, -0.25) is 4.90 Å². The first kappa shape index (κ1) is 17.0. The minimum atomic E-state index is -0.802. The number of rotatable bonds is 5. The second kappa shape index (κ2) is 7.81. The maximum atomic E-state index is 13.3. The standard InChI is InChI=1S/C19H21F3N2/c20-17-4-1-15(2-5-17)7-8-23-9-11-24(12-10-23)14-16-3-6-18(21)19(22)13-16/h1-6,13H,7-12,14H2. The van der Waals surface area contributed by atoms with Crippen molar-refractivity contribution in [2.24, 2.45) is 0 Å². The van der Waals surface area contributed by atoms with Gasteiger partial charge in [0.05, 0.1) is 0 Å². The van der Waals surface area contributed by atoms with Gasteiger partial charge in [0.15, 0.2) is 11.6 Å². The first-order valence-corrected chi connectivity index (χ1v) is 8.23. The number of halogens is 3.